The summed E-state index contributed by atoms with van der Waals surface area (Å²) in [6.45, 7) is 6.30. The number of anilines is 1. The monoisotopic (exact) mass is 403 g/mol. The molecule has 7 nitrogen and oxygen atoms in total. The van der Waals surface area contributed by atoms with Gasteiger partial charge in [0.1, 0.15) is 5.69 Å². The number of methoxy groups -OCH3 is 1. The molecule has 0 bridgehead atoms. The molecule has 1 aromatic carbocycles. The van der Waals surface area contributed by atoms with Crippen LogP contribution >= 0.6 is 0 Å². The number of allylic oxidation sites excluding steroid dienone is 4. The smallest absolute Gasteiger partial charge is 0.337 e. The predicted molar refractivity (Wildman–Crippen MR) is 120 cm³/mol. The molecule has 0 radical (unpaired) electrons. The second kappa shape index (κ2) is 7.82. The zero-order valence-corrected chi connectivity index (χ0v) is 17.9. The Morgan fingerprint density at radius 3 is 2.70 bits per heavy atom. The molecule has 0 spiro atoms. The van der Waals surface area contributed by atoms with Gasteiger partial charge in [-0.25, -0.2) is 14.8 Å². The summed E-state index contributed by atoms with van der Waals surface area (Å²) in [4.78, 5) is 23.9. The molecule has 4 rings (SSSR count). The number of hydrogen-bond donors (Lipinski definition) is 0. The van der Waals surface area contributed by atoms with Crippen molar-refractivity contribution in [2.75, 3.05) is 19.1 Å². The average Bonchev–Trinajstić information content (AvgIpc) is 3.18. The van der Waals surface area contributed by atoms with E-state index >= 15 is 0 Å². The zero-order chi connectivity index (χ0) is 21.4. The van der Waals surface area contributed by atoms with Crippen LogP contribution in [0.3, 0.4) is 0 Å². The first kappa shape index (κ1) is 19.9. The maximum Gasteiger partial charge on any atom is 0.337 e. The number of carbonyl (C=O) groups is 1. The maximum atomic E-state index is 11.9. The standard InChI is InChI=1S/C23H25N5O2/c1-6-17-16-11-14(7-9-18(16)27-26-17)21-22(28(4)13(2)3)25-20-12-15(23(29)30-5)8-10-19(20)24-21/h7-8,10-13H,6,9H2,1-5H3. The Morgan fingerprint density at radius 1 is 1.20 bits per heavy atom. The fourth-order valence-electron chi connectivity index (χ4n) is 3.53. The van der Waals surface area contributed by atoms with Crippen LogP contribution in [-0.2, 0) is 4.74 Å². The summed E-state index contributed by atoms with van der Waals surface area (Å²) < 4.78 is 4.84. The van der Waals surface area contributed by atoms with Crippen molar-refractivity contribution >= 4 is 39.8 Å². The van der Waals surface area contributed by atoms with Gasteiger partial charge in [0.25, 0.3) is 0 Å². The summed E-state index contributed by atoms with van der Waals surface area (Å²) in [6, 6.07) is 5.49. The lowest BCUT2D eigenvalue weighted by Crippen LogP contribution is -2.28. The highest BCUT2D eigenvalue weighted by atomic mass is 16.5. The third-order valence-electron chi connectivity index (χ3n) is 5.51. The van der Waals surface area contributed by atoms with Crippen molar-refractivity contribution in [1.29, 1.82) is 0 Å². The third-order valence-corrected chi connectivity index (χ3v) is 5.51. The molecule has 0 unspecified atom stereocenters. The van der Waals surface area contributed by atoms with Gasteiger partial charge in [-0.05, 0) is 44.5 Å². The Balaban J connectivity index is 1.87. The summed E-state index contributed by atoms with van der Waals surface area (Å²) in [6.07, 6.45) is 5.81. The minimum atomic E-state index is -0.388. The first-order valence-corrected chi connectivity index (χ1v) is 10.1. The van der Waals surface area contributed by atoms with Crippen molar-refractivity contribution < 1.29 is 9.53 Å². The first-order valence-electron chi connectivity index (χ1n) is 10.1. The number of fused-ring (bicyclic) bond motifs is 2. The van der Waals surface area contributed by atoms with Gasteiger partial charge in [-0.15, -0.1) is 0 Å². The summed E-state index contributed by atoms with van der Waals surface area (Å²) in [5.41, 5.74) is 6.78. The number of aromatic nitrogens is 2. The zero-order valence-electron chi connectivity index (χ0n) is 17.9. The van der Waals surface area contributed by atoms with Gasteiger partial charge in [-0.2, -0.15) is 10.2 Å². The fraction of sp³-hybridized carbons (Fsp3) is 0.348. The van der Waals surface area contributed by atoms with E-state index in [1.54, 1.807) is 12.1 Å². The molecule has 0 atom stereocenters. The second-order valence-corrected chi connectivity index (χ2v) is 7.66. The van der Waals surface area contributed by atoms with Crippen LogP contribution in [0, 0.1) is 0 Å². The molecule has 0 amide bonds. The SMILES string of the molecule is CCC1=NN=C2CC=C(c3nc4ccc(C(=O)OC)cc4nc3N(C)C(C)C)C=C12. The van der Waals surface area contributed by atoms with Crippen molar-refractivity contribution in [2.24, 2.45) is 10.2 Å². The van der Waals surface area contributed by atoms with Gasteiger partial charge >= 0.3 is 5.97 Å². The van der Waals surface area contributed by atoms with Crippen LogP contribution in [0.5, 0.6) is 0 Å². The molecule has 7 heteroatoms. The van der Waals surface area contributed by atoms with E-state index in [2.05, 4.69) is 48.0 Å². The number of nitrogens with zero attached hydrogens (tertiary/aromatic N) is 5. The van der Waals surface area contributed by atoms with Gasteiger partial charge in [0.15, 0.2) is 5.82 Å². The molecule has 0 saturated carbocycles. The largest absolute Gasteiger partial charge is 0.465 e. The molecule has 0 N–H and O–H groups in total. The minimum absolute atomic E-state index is 0.229. The van der Waals surface area contributed by atoms with Crippen LogP contribution in [-0.4, -0.2) is 47.6 Å². The number of ether oxygens (including phenoxy) is 1. The quantitative estimate of drug-likeness (QED) is 0.699. The fourth-order valence-corrected chi connectivity index (χ4v) is 3.53. The Hall–Kier alpha value is -3.35. The lowest BCUT2D eigenvalue weighted by atomic mass is 9.92. The third kappa shape index (κ3) is 3.40. The van der Waals surface area contributed by atoms with E-state index < -0.39 is 0 Å². The van der Waals surface area contributed by atoms with E-state index in [0.717, 1.165) is 52.4 Å². The van der Waals surface area contributed by atoms with Gasteiger partial charge < -0.3 is 9.64 Å². The van der Waals surface area contributed by atoms with Crippen LogP contribution in [0.15, 0.2) is 46.1 Å². The Morgan fingerprint density at radius 2 is 2.00 bits per heavy atom. The van der Waals surface area contributed by atoms with Crippen LogP contribution in [0.25, 0.3) is 16.6 Å². The predicted octanol–water partition coefficient (Wildman–Crippen LogP) is 4.20. The Bertz CT molecular complexity index is 1160. The lowest BCUT2D eigenvalue weighted by molar-refractivity contribution is 0.0601. The summed E-state index contributed by atoms with van der Waals surface area (Å²) >= 11 is 0. The molecule has 2 aromatic rings. The minimum Gasteiger partial charge on any atom is -0.465 e. The summed E-state index contributed by atoms with van der Waals surface area (Å²) in [7, 11) is 3.38. The van der Waals surface area contributed by atoms with Crippen LogP contribution < -0.4 is 4.90 Å². The van der Waals surface area contributed by atoms with E-state index in [9.17, 15) is 4.79 Å². The first-order chi connectivity index (χ1) is 14.4. The average molecular weight is 403 g/mol. The van der Waals surface area contributed by atoms with Gasteiger partial charge in [0.05, 0.1) is 35.1 Å². The molecule has 1 aromatic heterocycles. The summed E-state index contributed by atoms with van der Waals surface area (Å²) in [5, 5.41) is 8.62. The number of rotatable bonds is 5. The van der Waals surface area contributed by atoms with E-state index in [-0.39, 0.29) is 12.0 Å². The van der Waals surface area contributed by atoms with E-state index in [1.807, 2.05) is 13.1 Å². The van der Waals surface area contributed by atoms with E-state index in [0.29, 0.717) is 11.1 Å². The highest BCUT2D eigenvalue weighted by Crippen LogP contribution is 2.33. The molecular formula is C23H25N5O2. The maximum absolute atomic E-state index is 11.9. The van der Waals surface area contributed by atoms with Gasteiger partial charge in [-0.1, -0.05) is 13.0 Å². The molecule has 1 aliphatic carbocycles. The second-order valence-electron chi connectivity index (χ2n) is 7.66. The number of esters is 1. The molecule has 2 heterocycles. The van der Waals surface area contributed by atoms with Crippen LogP contribution in [0.1, 0.15) is 49.7 Å². The lowest BCUT2D eigenvalue weighted by Gasteiger charge is -2.26. The van der Waals surface area contributed by atoms with Crippen molar-refractivity contribution in [3.05, 3.63) is 47.2 Å². The Kier molecular flexibility index (Phi) is 5.20. The number of benzene rings is 1. The topological polar surface area (TPSA) is 80.0 Å². The van der Waals surface area contributed by atoms with Crippen LogP contribution in [0.2, 0.25) is 0 Å². The van der Waals surface area contributed by atoms with Crippen molar-refractivity contribution in [2.45, 2.75) is 39.7 Å². The molecule has 1 aliphatic heterocycles. The molecule has 30 heavy (non-hydrogen) atoms. The van der Waals surface area contributed by atoms with Crippen molar-refractivity contribution in [1.82, 2.24) is 9.97 Å². The van der Waals surface area contributed by atoms with Gasteiger partial charge in [0, 0.05) is 30.7 Å². The van der Waals surface area contributed by atoms with E-state index in [1.165, 1.54) is 7.11 Å². The van der Waals surface area contributed by atoms with Crippen molar-refractivity contribution in [3.63, 3.8) is 0 Å². The molecule has 2 aliphatic rings. The normalized spacial score (nSPS) is 15.4. The molecular weight excluding hydrogens is 378 g/mol. The highest BCUT2D eigenvalue weighted by Gasteiger charge is 2.25. The number of carbonyl (C=O) groups excluding carboxylic acids is 1. The van der Waals surface area contributed by atoms with E-state index in [4.69, 9.17) is 14.7 Å². The highest BCUT2D eigenvalue weighted by molar-refractivity contribution is 6.29. The molecule has 154 valence electrons. The van der Waals surface area contributed by atoms with Gasteiger partial charge in [0.2, 0.25) is 0 Å². The van der Waals surface area contributed by atoms with Crippen molar-refractivity contribution in [3.8, 4) is 0 Å². The van der Waals surface area contributed by atoms with Gasteiger partial charge in [-0.3, -0.25) is 0 Å². The molecule has 0 fully saturated rings. The Labute approximate surface area is 175 Å². The van der Waals surface area contributed by atoms with Crippen LogP contribution in [0.4, 0.5) is 5.82 Å². The summed E-state index contributed by atoms with van der Waals surface area (Å²) in [5.74, 6) is 0.386. The number of hydrogen-bond acceptors (Lipinski definition) is 7. The molecule has 0 saturated heterocycles.